The monoisotopic (exact) mass is 1450 g/mol. The van der Waals surface area contributed by atoms with E-state index in [1.165, 1.54) is 169 Å². The molecule has 4 aromatic heterocycles. The number of hydrogen-bond donors (Lipinski definition) is 1. The Hall–Kier alpha value is -7.42. The average Bonchev–Trinajstić information content (AvgIpc) is 1.56. The van der Waals surface area contributed by atoms with Gasteiger partial charge in [-0.25, -0.2) is 9.78 Å². The quantitative estimate of drug-likeness (QED) is 0.0304. The Morgan fingerprint density at radius 3 is 1.22 bits per heavy atom. The number of thiophene rings is 3. The zero-order valence-electron chi connectivity index (χ0n) is 63.2. The van der Waals surface area contributed by atoms with Crippen LogP contribution in [0.3, 0.4) is 0 Å². The highest BCUT2D eigenvalue weighted by atomic mass is 32.1. The smallest absolute Gasteiger partial charge is 0.347 e. The summed E-state index contributed by atoms with van der Waals surface area (Å²) >= 11 is 6.16. The lowest BCUT2D eigenvalue weighted by Crippen LogP contribution is -2.56. The van der Waals surface area contributed by atoms with Gasteiger partial charge in [0.1, 0.15) is 9.88 Å². The molecule has 9 aromatic rings. The summed E-state index contributed by atoms with van der Waals surface area (Å²) in [6, 6.07) is 47.5. The maximum atomic E-state index is 15.9. The first-order chi connectivity index (χ1) is 50.1. The largest absolute Gasteiger partial charge is 0.477 e. The highest BCUT2D eigenvalue weighted by Crippen LogP contribution is 2.51. The van der Waals surface area contributed by atoms with E-state index >= 15 is 9.59 Å². The fraction of sp³-hybridized carbons (Fsp3) is 0.422. The molecule has 8 nitrogen and oxygen atoms in total. The molecule has 0 spiro atoms. The minimum absolute atomic E-state index is 0.0956. The summed E-state index contributed by atoms with van der Waals surface area (Å²) in [6.07, 6.45) is 32.0. The third-order valence-electron chi connectivity index (χ3n) is 21.0. The number of thiazole rings is 1. The summed E-state index contributed by atoms with van der Waals surface area (Å²) in [5.41, 5.74) is 20.5. The number of hydrogen-bond acceptors (Lipinski definition) is 9. The van der Waals surface area contributed by atoms with Gasteiger partial charge in [-0.2, -0.15) is 0 Å². The van der Waals surface area contributed by atoms with Crippen molar-refractivity contribution in [3.8, 4) is 30.1 Å². The summed E-state index contributed by atoms with van der Waals surface area (Å²) in [6.45, 7) is 23.1. The molecule has 13 heteroatoms. The minimum Gasteiger partial charge on any atom is -0.477 e. The van der Waals surface area contributed by atoms with E-state index in [0.717, 1.165) is 134 Å². The molecule has 0 unspecified atom stereocenters. The van der Waals surface area contributed by atoms with Gasteiger partial charge in [0.2, 0.25) is 6.71 Å². The number of fused-ring (bicyclic) bond motifs is 1. The molecule has 0 aliphatic carbocycles. The van der Waals surface area contributed by atoms with Crippen molar-refractivity contribution in [2.45, 2.75) is 236 Å². The molecule has 0 saturated heterocycles. The fourth-order valence-electron chi connectivity index (χ4n) is 15.9. The topological polar surface area (TPSA) is 94.0 Å². The molecule has 2 aliphatic rings. The Balaban J connectivity index is 0.976. The maximum absolute atomic E-state index is 15.9. The lowest BCUT2D eigenvalue weighted by atomic mass is 9.34. The van der Waals surface area contributed by atoms with E-state index in [0.29, 0.717) is 34.9 Å². The first-order valence-electron chi connectivity index (χ1n) is 39.0. The molecular formula is C90H109BN4O4S4. The molecule has 11 rings (SSSR count). The third-order valence-corrected chi connectivity index (χ3v) is 25.8. The molecule has 103 heavy (non-hydrogen) atoms. The second kappa shape index (κ2) is 37.0. The van der Waals surface area contributed by atoms with Gasteiger partial charge < -0.3 is 19.8 Å². The standard InChI is InChI=1S/C90H109BN4O4S4/c1-11-15-19-23-27-31-35-67-37-43-70(44-38-67)95(71-45-39-68(40-46-71)36-32-28-24-20-16-12-2)72-47-41-69(42-48-72)74-49-51-76(100-74)84-80-81(89(97)93(84)53-33-29-25-21-17-13-3)85(94(88(80)96)54-34-30-26-22-18-14-4)77-52-50-75(101-77)78-59-73(86(102-78)87-92-60-79(103-87)90(98)99)91(82-63(7)55-61(5)56-64(82)8)83-65(9)57-62(6)58-66(83)10/h37-52,55-60H,11-36,53-54H2,1-10H3,(H,98,99). The van der Waals surface area contributed by atoms with Crippen molar-refractivity contribution >= 4 is 115 Å². The van der Waals surface area contributed by atoms with Crippen LogP contribution in [0, 0.1) is 41.5 Å². The van der Waals surface area contributed by atoms with Crippen LogP contribution in [-0.2, 0) is 22.4 Å². The number of anilines is 3. The van der Waals surface area contributed by atoms with E-state index < -0.39 is 5.97 Å². The second-order valence-corrected chi connectivity index (χ2v) is 33.5. The number of carbonyl (C=O) groups is 3. The predicted octanol–water partition coefficient (Wildman–Crippen LogP) is 24.2. The molecular weight excluding hydrogens is 1340 g/mol. The van der Waals surface area contributed by atoms with Crippen molar-refractivity contribution in [1.82, 2.24) is 14.8 Å². The highest BCUT2D eigenvalue weighted by molar-refractivity contribution is 7.28. The molecule has 0 atom stereocenters. The minimum atomic E-state index is -0.995. The fourth-order valence-corrected chi connectivity index (χ4v) is 20.1. The van der Waals surface area contributed by atoms with Gasteiger partial charge in [-0.1, -0.05) is 261 Å². The van der Waals surface area contributed by atoms with Crippen molar-refractivity contribution in [3.63, 3.8) is 0 Å². The molecule has 6 heterocycles. The first kappa shape index (κ1) is 76.7. The third kappa shape index (κ3) is 18.5. The van der Waals surface area contributed by atoms with E-state index in [1.54, 1.807) is 34.0 Å². The van der Waals surface area contributed by atoms with Gasteiger partial charge in [0.25, 0.3) is 11.8 Å². The van der Waals surface area contributed by atoms with Gasteiger partial charge in [0.15, 0.2) is 0 Å². The Kier molecular flexibility index (Phi) is 27.6. The molecule has 2 aliphatic heterocycles. The number of aryl methyl sites for hydroxylation is 8. The number of aromatic carboxylic acids is 1. The van der Waals surface area contributed by atoms with Crippen LogP contribution >= 0.6 is 45.3 Å². The van der Waals surface area contributed by atoms with Crippen molar-refractivity contribution in [1.29, 1.82) is 0 Å². The van der Waals surface area contributed by atoms with Crippen molar-refractivity contribution in [2.75, 3.05) is 18.0 Å². The molecule has 0 fully saturated rings. The van der Waals surface area contributed by atoms with Crippen LogP contribution in [0.2, 0.25) is 0 Å². The number of nitrogens with zero attached hydrogens (tertiary/aromatic N) is 4. The van der Waals surface area contributed by atoms with E-state index in [4.69, 9.17) is 4.98 Å². The van der Waals surface area contributed by atoms with Gasteiger partial charge >= 0.3 is 5.97 Å². The SMILES string of the molecule is CCCCCCCCc1ccc(N(c2ccc(CCCCCCCC)cc2)c2ccc(-c3ccc(C4=C5C(=O)N(CCCCCCCC)C(c6ccc(-c7cc(B(c8c(C)cc(C)cc8C)c8c(C)cc(C)cc8C)c(-c8ncc(C(=O)O)s8)s7)s6)=C5C(=O)N4CCCCCCCC)s3)cc2)cc1. The van der Waals surface area contributed by atoms with Crippen molar-refractivity contribution in [2.24, 2.45) is 0 Å². The van der Waals surface area contributed by atoms with Crippen molar-refractivity contribution in [3.05, 3.63) is 204 Å². The number of carbonyl (C=O) groups excluding carboxylic acids is 2. The van der Waals surface area contributed by atoms with Gasteiger partial charge in [-0.15, -0.1) is 45.3 Å². The van der Waals surface area contributed by atoms with E-state index in [2.05, 4.69) is 202 Å². The second-order valence-electron chi connectivity index (χ2n) is 29.3. The Morgan fingerprint density at radius 2 is 0.806 bits per heavy atom. The summed E-state index contributed by atoms with van der Waals surface area (Å²) in [5, 5.41) is 11.0. The van der Waals surface area contributed by atoms with Crippen LogP contribution in [0.15, 0.2) is 145 Å². The molecule has 1 N–H and O–H groups in total. The molecule has 0 bridgehead atoms. The molecule has 540 valence electrons. The summed E-state index contributed by atoms with van der Waals surface area (Å²) < 4.78 is 0. The zero-order chi connectivity index (χ0) is 72.5. The van der Waals surface area contributed by atoms with Crippen LogP contribution in [-0.4, -0.2) is 57.5 Å². The van der Waals surface area contributed by atoms with E-state index in [-0.39, 0.29) is 23.4 Å². The van der Waals surface area contributed by atoms with E-state index in [9.17, 15) is 9.90 Å². The van der Waals surface area contributed by atoms with Gasteiger partial charge in [0, 0.05) is 44.8 Å². The summed E-state index contributed by atoms with van der Waals surface area (Å²) in [7, 11) is 0. The Bertz CT molecular complexity index is 4250. The van der Waals surface area contributed by atoms with Crippen LogP contribution in [0.4, 0.5) is 17.1 Å². The normalized spacial score (nSPS) is 13.1. The highest BCUT2D eigenvalue weighted by Gasteiger charge is 2.49. The molecule has 5 aromatic carbocycles. The number of aromatic nitrogens is 1. The number of carboxylic acid groups (broad SMARTS) is 1. The predicted molar refractivity (Wildman–Crippen MR) is 444 cm³/mol. The summed E-state index contributed by atoms with van der Waals surface area (Å²) in [5.74, 6) is -1.19. The van der Waals surface area contributed by atoms with Crippen LogP contribution in [0.5, 0.6) is 0 Å². The average molecular weight is 1450 g/mol. The number of amides is 2. The summed E-state index contributed by atoms with van der Waals surface area (Å²) in [4.78, 5) is 61.6. The Morgan fingerprint density at radius 1 is 0.427 bits per heavy atom. The lowest BCUT2D eigenvalue weighted by Gasteiger charge is -2.26. The number of rotatable bonds is 40. The molecule has 0 saturated carbocycles. The first-order valence-corrected chi connectivity index (χ1v) is 42.3. The number of carboxylic acids is 1. The van der Waals surface area contributed by atoms with Crippen LogP contribution in [0.1, 0.15) is 246 Å². The van der Waals surface area contributed by atoms with Crippen LogP contribution in [0.25, 0.3) is 41.5 Å². The maximum Gasteiger partial charge on any atom is 0.347 e. The van der Waals surface area contributed by atoms with Gasteiger partial charge in [0.05, 0.1) is 43.4 Å². The number of unbranched alkanes of at least 4 members (excludes halogenated alkanes) is 20. The Labute approximate surface area is 632 Å². The zero-order valence-corrected chi connectivity index (χ0v) is 66.4. The van der Waals surface area contributed by atoms with Crippen LogP contribution < -0.4 is 21.3 Å². The number of benzene rings is 5. The van der Waals surface area contributed by atoms with Crippen molar-refractivity contribution < 1.29 is 19.5 Å². The van der Waals surface area contributed by atoms with Gasteiger partial charge in [-0.3, -0.25) is 9.59 Å². The molecule has 0 radical (unpaired) electrons. The van der Waals surface area contributed by atoms with Gasteiger partial charge in [-0.05, 0) is 169 Å². The lowest BCUT2D eigenvalue weighted by molar-refractivity contribution is -0.124. The van der Waals surface area contributed by atoms with E-state index in [1.807, 2.05) is 9.80 Å². The molecule has 2 amide bonds.